The zero-order valence-electron chi connectivity index (χ0n) is 8.61. The molecule has 0 aliphatic rings. The Kier molecular flexibility index (Phi) is 2.75. The molecule has 84 valence electrons. The number of hydrogen-bond donors (Lipinski definition) is 1. The van der Waals surface area contributed by atoms with Crippen molar-refractivity contribution in [1.82, 2.24) is 0 Å². The minimum Gasteiger partial charge on any atom is -0.508 e. The van der Waals surface area contributed by atoms with Gasteiger partial charge in [-0.25, -0.2) is 8.78 Å². The van der Waals surface area contributed by atoms with E-state index < -0.39 is 11.6 Å². The van der Waals surface area contributed by atoms with E-state index in [2.05, 4.69) is 0 Å². The molecule has 0 unspecified atom stereocenters. The number of hydrogen-bond acceptors (Lipinski definition) is 2. The first-order valence-corrected chi connectivity index (χ1v) is 4.80. The van der Waals surface area contributed by atoms with Crippen LogP contribution in [0.25, 0.3) is 11.1 Å². The molecule has 0 aliphatic heterocycles. The Labute approximate surface area is 96.4 Å². The maximum Gasteiger partial charge on any atom is 0.133 e. The summed E-state index contributed by atoms with van der Waals surface area (Å²) in [4.78, 5) is 0. The van der Waals surface area contributed by atoms with Gasteiger partial charge in [-0.15, -0.1) is 0 Å². The van der Waals surface area contributed by atoms with Crippen molar-refractivity contribution in [2.45, 2.75) is 0 Å². The highest BCUT2D eigenvalue weighted by molar-refractivity contribution is 5.68. The number of halogens is 2. The SMILES string of the molecule is N#Cc1cc(O)cc(-c2c(F)cccc2F)c1. The molecule has 17 heavy (non-hydrogen) atoms. The predicted molar refractivity (Wildman–Crippen MR) is 58.2 cm³/mol. The third kappa shape index (κ3) is 2.08. The summed E-state index contributed by atoms with van der Waals surface area (Å²) >= 11 is 0. The molecule has 0 spiro atoms. The summed E-state index contributed by atoms with van der Waals surface area (Å²) in [6.07, 6.45) is 0. The highest BCUT2D eigenvalue weighted by atomic mass is 19.1. The summed E-state index contributed by atoms with van der Waals surface area (Å²) in [5, 5.41) is 18.1. The van der Waals surface area contributed by atoms with Gasteiger partial charge in [0.05, 0.1) is 17.2 Å². The molecule has 1 N–H and O–H groups in total. The second-order valence-corrected chi connectivity index (χ2v) is 3.48. The van der Waals surface area contributed by atoms with Gasteiger partial charge in [0.1, 0.15) is 17.4 Å². The molecule has 0 heterocycles. The van der Waals surface area contributed by atoms with E-state index in [1.165, 1.54) is 24.3 Å². The van der Waals surface area contributed by atoms with Gasteiger partial charge in [-0.2, -0.15) is 5.26 Å². The summed E-state index contributed by atoms with van der Waals surface area (Å²) in [5.41, 5.74) is 0.0275. The van der Waals surface area contributed by atoms with E-state index in [0.29, 0.717) is 0 Å². The maximum absolute atomic E-state index is 13.5. The number of phenolic OH excluding ortho intramolecular Hbond substituents is 1. The molecule has 0 saturated carbocycles. The van der Waals surface area contributed by atoms with E-state index in [0.717, 1.165) is 12.1 Å². The average molecular weight is 231 g/mol. The molecule has 2 nitrogen and oxygen atoms in total. The highest BCUT2D eigenvalue weighted by Crippen LogP contribution is 2.29. The maximum atomic E-state index is 13.5. The number of nitriles is 1. The van der Waals surface area contributed by atoms with E-state index in [9.17, 15) is 13.9 Å². The number of rotatable bonds is 1. The summed E-state index contributed by atoms with van der Waals surface area (Å²) in [6.45, 7) is 0. The van der Waals surface area contributed by atoms with Gasteiger partial charge >= 0.3 is 0 Å². The fraction of sp³-hybridized carbons (Fsp3) is 0. The molecule has 0 radical (unpaired) electrons. The van der Waals surface area contributed by atoms with E-state index in [1.807, 2.05) is 6.07 Å². The van der Waals surface area contributed by atoms with E-state index in [-0.39, 0.29) is 22.4 Å². The Balaban J connectivity index is 2.69. The molecule has 4 heteroatoms. The lowest BCUT2D eigenvalue weighted by Gasteiger charge is -2.06. The summed E-state index contributed by atoms with van der Waals surface area (Å²) in [7, 11) is 0. The van der Waals surface area contributed by atoms with Gasteiger partial charge in [-0.3, -0.25) is 0 Å². The van der Waals surface area contributed by atoms with Crippen LogP contribution in [0.3, 0.4) is 0 Å². The zero-order valence-corrected chi connectivity index (χ0v) is 8.61. The second kappa shape index (κ2) is 4.22. The Morgan fingerprint density at radius 3 is 2.29 bits per heavy atom. The van der Waals surface area contributed by atoms with Crippen LogP contribution in [0.1, 0.15) is 5.56 Å². The van der Waals surface area contributed by atoms with Crippen molar-refractivity contribution < 1.29 is 13.9 Å². The molecule has 0 aliphatic carbocycles. The van der Waals surface area contributed by atoms with Crippen molar-refractivity contribution in [3.05, 3.63) is 53.6 Å². The van der Waals surface area contributed by atoms with Crippen LogP contribution in [0.2, 0.25) is 0 Å². The van der Waals surface area contributed by atoms with Crippen molar-refractivity contribution in [1.29, 1.82) is 5.26 Å². The van der Waals surface area contributed by atoms with Gasteiger partial charge in [0, 0.05) is 0 Å². The predicted octanol–water partition coefficient (Wildman–Crippen LogP) is 3.21. The van der Waals surface area contributed by atoms with Gasteiger partial charge in [-0.05, 0) is 35.9 Å². The average Bonchev–Trinajstić information content (AvgIpc) is 2.28. The summed E-state index contributed by atoms with van der Waals surface area (Å²) in [5.74, 6) is -1.68. The zero-order chi connectivity index (χ0) is 12.4. The smallest absolute Gasteiger partial charge is 0.133 e. The topological polar surface area (TPSA) is 44.0 Å². The Bertz CT molecular complexity index is 597. The van der Waals surface area contributed by atoms with Crippen LogP contribution in [0.4, 0.5) is 8.78 Å². The van der Waals surface area contributed by atoms with Crippen LogP contribution in [-0.2, 0) is 0 Å². The lowest BCUT2D eigenvalue weighted by molar-refractivity contribution is 0.475. The minimum absolute atomic E-state index is 0.136. The minimum atomic E-state index is -0.737. The van der Waals surface area contributed by atoms with Gasteiger partial charge in [-0.1, -0.05) is 6.07 Å². The van der Waals surface area contributed by atoms with Crippen LogP contribution in [0.15, 0.2) is 36.4 Å². The number of nitrogens with zero attached hydrogens (tertiary/aromatic N) is 1. The molecule has 0 bridgehead atoms. The lowest BCUT2D eigenvalue weighted by Crippen LogP contribution is -1.90. The first kappa shape index (κ1) is 11.1. The molecule has 0 atom stereocenters. The molecule has 0 fully saturated rings. The van der Waals surface area contributed by atoms with Crippen LogP contribution in [0.5, 0.6) is 5.75 Å². The van der Waals surface area contributed by atoms with Gasteiger partial charge < -0.3 is 5.11 Å². The van der Waals surface area contributed by atoms with Gasteiger partial charge in [0.2, 0.25) is 0 Å². The van der Waals surface area contributed by atoms with Crippen LogP contribution in [0, 0.1) is 23.0 Å². The van der Waals surface area contributed by atoms with Crippen LogP contribution >= 0.6 is 0 Å². The highest BCUT2D eigenvalue weighted by Gasteiger charge is 2.12. The summed E-state index contributed by atoms with van der Waals surface area (Å²) in [6, 6.07) is 9.06. The van der Waals surface area contributed by atoms with Crippen molar-refractivity contribution in [3.8, 4) is 22.9 Å². The Morgan fingerprint density at radius 2 is 1.71 bits per heavy atom. The standard InChI is InChI=1S/C13H7F2NO/c14-11-2-1-3-12(15)13(11)9-4-8(7-16)5-10(17)6-9/h1-6,17H. The monoisotopic (exact) mass is 231 g/mol. The molecular formula is C13H7F2NO. The normalized spacial score (nSPS) is 9.94. The van der Waals surface area contributed by atoms with E-state index in [1.54, 1.807) is 0 Å². The van der Waals surface area contributed by atoms with Gasteiger partial charge in [0.25, 0.3) is 0 Å². The first-order chi connectivity index (χ1) is 8.11. The van der Waals surface area contributed by atoms with E-state index in [4.69, 9.17) is 5.26 Å². The van der Waals surface area contributed by atoms with Crippen molar-refractivity contribution in [3.63, 3.8) is 0 Å². The molecular weight excluding hydrogens is 224 g/mol. The van der Waals surface area contributed by atoms with Crippen molar-refractivity contribution in [2.24, 2.45) is 0 Å². The fourth-order valence-electron chi connectivity index (χ4n) is 1.59. The number of benzene rings is 2. The van der Waals surface area contributed by atoms with E-state index >= 15 is 0 Å². The Morgan fingerprint density at radius 1 is 1.06 bits per heavy atom. The molecule has 0 amide bonds. The quantitative estimate of drug-likeness (QED) is 0.818. The van der Waals surface area contributed by atoms with Crippen LogP contribution in [-0.4, -0.2) is 5.11 Å². The lowest BCUT2D eigenvalue weighted by atomic mass is 10.0. The largest absolute Gasteiger partial charge is 0.508 e. The second-order valence-electron chi connectivity index (χ2n) is 3.48. The van der Waals surface area contributed by atoms with Crippen molar-refractivity contribution >= 4 is 0 Å². The summed E-state index contributed by atoms with van der Waals surface area (Å²) < 4.78 is 27.0. The third-order valence-electron chi connectivity index (χ3n) is 2.30. The fourth-order valence-corrected chi connectivity index (χ4v) is 1.59. The molecule has 0 saturated heterocycles. The van der Waals surface area contributed by atoms with Crippen molar-refractivity contribution in [2.75, 3.05) is 0 Å². The Hall–Kier alpha value is -2.41. The molecule has 0 aromatic heterocycles. The molecule has 2 aromatic rings. The first-order valence-electron chi connectivity index (χ1n) is 4.80. The molecule has 2 aromatic carbocycles. The molecule has 2 rings (SSSR count). The van der Waals surface area contributed by atoms with Crippen LogP contribution < -0.4 is 0 Å². The number of phenols is 1. The van der Waals surface area contributed by atoms with Gasteiger partial charge in [0.15, 0.2) is 0 Å². The third-order valence-corrected chi connectivity index (χ3v) is 2.30. The number of aromatic hydroxyl groups is 1.